The standard InChI is InChI=1S/C16H20F2N2O3S.C2H6/c1-3-5-7-12(4-2)11-24(22,23)19-10-15(21)20-16-13(17)8-6-9-14(16)18;1-2/h4-9,19H,3,10-11H2,1-2H3,(H,20,21);1-2H3/b7-5-,12-4+;. The van der Waals surface area contributed by atoms with Crippen molar-refractivity contribution in [3.8, 4) is 0 Å². The molecule has 0 bridgehead atoms. The smallest absolute Gasteiger partial charge is 0.239 e. The Morgan fingerprint density at radius 1 is 1.19 bits per heavy atom. The zero-order valence-electron chi connectivity index (χ0n) is 15.5. The molecule has 1 amide bonds. The Kier molecular flexibility index (Phi) is 11.3. The second-order valence-corrected chi connectivity index (χ2v) is 6.71. The highest BCUT2D eigenvalue weighted by atomic mass is 32.2. The normalized spacial score (nSPS) is 11.8. The lowest BCUT2D eigenvalue weighted by molar-refractivity contribution is -0.115. The van der Waals surface area contributed by atoms with Crippen molar-refractivity contribution in [2.45, 2.75) is 34.1 Å². The van der Waals surface area contributed by atoms with Gasteiger partial charge in [-0.15, -0.1) is 0 Å². The van der Waals surface area contributed by atoms with Crippen molar-refractivity contribution in [2.75, 3.05) is 17.6 Å². The van der Waals surface area contributed by atoms with Gasteiger partial charge < -0.3 is 5.32 Å². The number of sulfonamides is 1. The molecule has 0 aromatic heterocycles. The quantitative estimate of drug-likeness (QED) is 0.666. The third-order valence-electron chi connectivity index (χ3n) is 2.97. The van der Waals surface area contributed by atoms with Gasteiger partial charge in [-0.05, 0) is 31.1 Å². The first-order valence-corrected chi connectivity index (χ1v) is 9.97. The van der Waals surface area contributed by atoms with Gasteiger partial charge in [-0.3, -0.25) is 4.79 Å². The molecular formula is C18H26F2N2O3S. The number of carbonyl (C=O) groups excluding carboxylic acids is 1. The first kappa shape index (κ1) is 23.9. The number of nitrogens with one attached hydrogen (secondary N) is 2. The molecule has 1 aromatic rings. The maximum absolute atomic E-state index is 13.4. The van der Waals surface area contributed by atoms with Gasteiger partial charge >= 0.3 is 0 Å². The van der Waals surface area contributed by atoms with E-state index >= 15 is 0 Å². The van der Waals surface area contributed by atoms with Crippen molar-refractivity contribution in [3.63, 3.8) is 0 Å². The van der Waals surface area contributed by atoms with Crippen molar-refractivity contribution < 1.29 is 22.0 Å². The van der Waals surface area contributed by atoms with Crippen LogP contribution in [0.15, 0.2) is 42.0 Å². The number of hydrogen-bond donors (Lipinski definition) is 2. The van der Waals surface area contributed by atoms with E-state index in [2.05, 4.69) is 4.72 Å². The Morgan fingerprint density at radius 3 is 2.27 bits per heavy atom. The molecule has 1 aromatic carbocycles. The number of anilines is 1. The Hall–Kier alpha value is -2.06. The molecule has 0 unspecified atom stereocenters. The van der Waals surface area contributed by atoms with Crippen LogP contribution in [-0.2, 0) is 14.8 Å². The number of hydrogen-bond acceptors (Lipinski definition) is 3. The van der Waals surface area contributed by atoms with Crippen molar-refractivity contribution in [3.05, 3.63) is 53.6 Å². The van der Waals surface area contributed by atoms with Gasteiger partial charge in [0.15, 0.2) is 0 Å². The number of benzene rings is 1. The number of para-hydroxylation sites is 1. The van der Waals surface area contributed by atoms with E-state index < -0.39 is 39.8 Å². The highest BCUT2D eigenvalue weighted by Gasteiger charge is 2.16. The number of amides is 1. The van der Waals surface area contributed by atoms with Crippen LogP contribution in [0.3, 0.4) is 0 Å². The molecule has 0 saturated heterocycles. The maximum atomic E-state index is 13.4. The molecule has 5 nitrogen and oxygen atoms in total. The van der Waals surface area contributed by atoms with Crippen LogP contribution in [0.2, 0.25) is 0 Å². The molecule has 26 heavy (non-hydrogen) atoms. The minimum Gasteiger partial charge on any atom is -0.320 e. The fourth-order valence-electron chi connectivity index (χ4n) is 1.74. The molecule has 0 atom stereocenters. The Morgan fingerprint density at radius 2 is 1.77 bits per heavy atom. The second-order valence-electron chi connectivity index (χ2n) is 4.90. The molecule has 0 radical (unpaired) electrons. The molecular weight excluding hydrogens is 362 g/mol. The van der Waals surface area contributed by atoms with Gasteiger partial charge in [-0.2, -0.15) is 0 Å². The Bertz CT molecular complexity index is 725. The van der Waals surface area contributed by atoms with Crippen LogP contribution in [-0.4, -0.2) is 26.6 Å². The van der Waals surface area contributed by atoms with E-state index in [0.29, 0.717) is 5.57 Å². The summed E-state index contributed by atoms with van der Waals surface area (Å²) in [5.74, 6) is -3.03. The molecule has 0 aliphatic rings. The number of allylic oxidation sites excluding steroid dienone is 3. The third-order valence-corrected chi connectivity index (χ3v) is 4.27. The summed E-state index contributed by atoms with van der Waals surface area (Å²) >= 11 is 0. The molecule has 0 heterocycles. The molecule has 146 valence electrons. The molecule has 0 spiro atoms. The molecule has 0 fully saturated rings. The van der Waals surface area contributed by atoms with Crippen LogP contribution in [0.4, 0.5) is 14.5 Å². The Balaban J connectivity index is 0.00000301. The van der Waals surface area contributed by atoms with E-state index in [1.54, 1.807) is 19.1 Å². The maximum Gasteiger partial charge on any atom is 0.239 e. The molecule has 2 N–H and O–H groups in total. The molecule has 0 aliphatic carbocycles. The van der Waals surface area contributed by atoms with Gasteiger partial charge in [-0.25, -0.2) is 21.9 Å². The first-order chi connectivity index (χ1) is 12.3. The van der Waals surface area contributed by atoms with Gasteiger partial charge in [0.1, 0.15) is 17.3 Å². The van der Waals surface area contributed by atoms with Crippen LogP contribution < -0.4 is 10.0 Å². The number of halogens is 2. The van der Waals surface area contributed by atoms with Gasteiger partial charge in [0, 0.05) is 0 Å². The largest absolute Gasteiger partial charge is 0.320 e. The lowest BCUT2D eigenvalue weighted by Gasteiger charge is -2.09. The average molecular weight is 388 g/mol. The van der Waals surface area contributed by atoms with Crippen molar-refractivity contribution in [2.24, 2.45) is 0 Å². The van der Waals surface area contributed by atoms with Crippen LogP contribution in [0, 0.1) is 11.6 Å². The van der Waals surface area contributed by atoms with Gasteiger partial charge in [0.25, 0.3) is 0 Å². The van der Waals surface area contributed by atoms with Crippen molar-refractivity contribution >= 4 is 21.6 Å². The van der Waals surface area contributed by atoms with Crippen molar-refractivity contribution in [1.29, 1.82) is 0 Å². The van der Waals surface area contributed by atoms with Crippen molar-refractivity contribution in [1.82, 2.24) is 4.72 Å². The SMILES string of the molecule is C/C=C(\C=C/CC)CS(=O)(=O)NCC(=O)Nc1c(F)cccc1F.CC. The molecule has 0 saturated carbocycles. The van der Waals surface area contributed by atoms with E-state index in [-0.39, 0.29) is 5.75 Å². The Labute approximate surface area is 154 Å². The summed E-state index contributed by atoms with van der Waals surface area (Å²) < 4.78 is 52.8. The fraction of sp³-hybridized carbons (Fsp3) is 0.389. The lowest BCUT2D eigenvalue weighted by Crippen LogP contribution is -2.35. The van der Waals surface area contributed by atoms with E-state index in [1.807, 2.05) is 32.2 Å². The molecule has 0 aliphatic heterocycles. The minimum absolute atomic E-state index is 0.290. The zero-order chi connectivity index (χ0) is 20.2. The predicted octanol–water partition coefficient (Wildman–Crippen LogP) is 3.76. The predicted molar refractivity (Wildman–Crippen MR) is 101 cm³/mol. The molecule has 8 heteroatoms. The van der Waals surface area contributed by atoms with Crippen LogP contribution in [0.5, 0.6) is 0 Å². The van der Waals surface area contributed by atoms with E-state index in [9.17, 15) is 22.0 Å². The summed E-state index contributed by atoms with van der Waals surface area (Å²) in [5.41, 5.74) is -0.0355. The number of carbonyl (C=O) groups is 1. The summed E-state index contributed by atoms with van der Waals surface area (Å²) in [6, 6.07) is 3.13. The summed E-state index contributed by atoms with van der Waals surface area (Å²) in [5, 5.41) is 2.01. The van der Waals surface area contributed by atoms with Crippen LogP contribution in [0.1, 0.15) is 34.1 Å². The van der Waals surface area contributed by atoms with Crippen LogP contribution >= 0.6 is 0 Å². The van der Waals surface area contributed by atoms with Gasteiger partial charge in [0.2, 0.25) is 15.9 Å². The monoisotopic (exact) mass is 388 g/mol. The average Bonchev–Trinajstić information content (AvgIpc) is 2.62. The summed E-state index contributed by atoms with van der Waals surface area (Å²) in [6.07, 6.45) is 5.92. The second kappa shape index (κ2) is 12.3. The lowest BCUT2D eigenvalue weighted by atomic mass is 10.2. The first-order valence-electron chi connectivity index (χ1n) is 8.32. The van der Waals surface area contributed by atoms with Gasteiger partial charge in [0.05, 0.1) is 12.3 Å². The van der Waals surface area contributed by atoms with E-state index in [1.165, 1.54) is 0 Å². The van der Waals surface area contributed by atoms with E-state index in [4.69, 9.17) is 0 Å². The number of rotatable bonds is 8. The summed E-state index contributed by atoms with van der Waals surface area (Å²) in [4.78, 5) is 11.7. The summed E-state index contributed by atoms with van der Waals surface area (Å²) in [6.45, 7) is 7.01. The van der Waals surface area contributed by atoms with Gasteiger partial charge in [-0.1, -0.05) is 45.1 Å². The topological polar surface area (TPSA) is 75.3 Å². The highest BCUT2D eigenvalue weighted by molar-refractivity contribution is 7.89. The van der Waals surface area contributed by atoms with E-state index in [0.717, 1.165) is 24.6 Å². The third kappa shape index (κ3) is 8.87. The molecule has 1 rings (SSSR count). The van der Waals surface area contributed by atoms with Crippen LogP contribution in [0.25, 0.3) is 0 Å². The summed E-state index contributed by atoms with van der Waals surface area (Å²) in [7, 11) is -3.75. The fourth-order valence-corrected chi connectivity index (χ4v) is 2.90. The minimum atomic E-state index is -3.75. The highest BCUT2D eigenvalue weighted by Crippen LogP contribution is 2.17. The zero-order valence-corrected chi connectivity index (χ0v) is 16.3.